The second-order valence-electron chi connectivity index (χ2n) is 12.3. The van der Waals surface area contributed by atoms with Gasteiger partial charge in [0.25, 0.3) is 17.7 Å². The summed E-state index contributed by atoms with van der Waals surface area (Å²) in [5.41, 5.74) is 2.55. The monoisotopic (exact) mass is 834 g/mol. The number of nitrogens with one attached hydrogen (secondary N) is 5. The Bertz CT molecular complexity index is 1850. The first-order chi connectivity index (χ1) is 25.0. The van der Waals surface area contributed by atoms with Crippen molar-refractivity contribution < 1.29 is 42.0 Å². The number of imide groups is 2. The van der Waals surface area contributed by atoms with Gasteiger partial charge in [-0.2, -0.15) is 0 Å². The number of benzene rings is 3. The fourth-order valence-corrected chi connectivity index (χ4v) is 6.33. The summed E-state index contributed by atoms with van der Waals surface area (Å²) < 4.78 is 43.4. The standard InChI is InChI=1S/C36H38F3IN6O6/c37-26-11-10-24(32(31(26)39)43-28-12-7-21(40)19-27(28)38)33(48)45-52-18-6-16-41-15-4-2-1-3-5-17-42-22-8-9-23-25(20-22)36(51)46(35(23)50)29-13-14-30(47)44-34(29)49/h7-12,19-20,29,41-43H,1-6,13-18H2,(H,45,48)(H,44,47,49). The Hall–Kier alpha value is -4.55. The summed E-state index contributed by atoms with van der Waals surface area (Å²) in [6.07, 6.45) is 5.72. The summed E-state index contributed by atoms with van der Waals surface area (Å²) in [7, 11) is 0. The molecule has 2 heterocycles. The van der Waals surface area contributed by atoms with Gasteiger partial charge in [-0.15, -0.1) is 0 Å². The zero-order valence-electron chi connectivity index (χ0n) is 28.1. The van der Waals surface area contributed by atoms with Gasteiger partial charge in [-0.3, -0.25) is 39.0 Å². The van der Waals surface area contributed by atoms with Gasteiger partial charge in [0.15, 0.2) is 11.6 Å². The molecule has 2 aliphatic rings. The molecule has 1 atom stereocenters. The average Bonchev–Trinajstić information content (AvgIpc) is 3.36. The summed E-state index contributed by atoms with van der Waals surface area (Å²) in [6.45, 7) is 2.31. The van der Waals surface area contributed by atoms with E-state index < -0.39 is 58.7 Å². The number of carbonyl (C=O) groups is 5. The molecule has 3 aromatic rings. The minimum Gasteiger partial charge on any atom is -0.385 e. The highest BCUT2D eigenvalue weighted by Crippen LogP contribution is 2.30. The van der Waals surface area contributed by atoms with Gasteiger partial charge in [0, 0.05) is 22.2 Å². The molecule has 0 saturated carbocycles. The lowest BCUT2D eigenvalue weighted by Crippen LogP contribution is -2.54. The van der Waals surface area contributed by atoms with Crippen molar-refractivity contribution in [2.24, 2.45) is 0 Å². The number of fused-ring (bicyclic) bond motifs is 1. The van der Waals surface area contributed by atoms with Crippen molar-refractivity contribution in [3.8, 4) is 0 Å². The summed E-state index contributed by atoms with van der Waals surface area (Å²) in [5, 5.41) is 11.3. The predicted molar refractivity (Wildman–Crippen MR) is 194 cm³/mol. The number of carbonyl (C=O) groups excluding carboxylic acids is 5. The summed E-state index contributed by atoms with van der Waals surface area (Å²) in [4.78, 5) is 68.4. The van der Waals surface area contributed by atoms with Gasteiger partial charge in [-0.05, 0) is 110 Å². The van der Waals surface area contributed by atoms with Gasteiger partial charge < -0.3 is 16.0 Å². The third-order valence-electron chi connectivity index (χ3n) is 8.59. The second kappa shape index (κ2) is 18.3. The van der Waals surface area contributed by atoms with E-state index in [1.807, 2.05) is 22.6 Å². The number of amides is 5. The summed E-state index contributed by atoms with van der Waals surface area (Å²) in [5.74, 6) is -6.13. The molecule has 0 radical (unpaired) electrons. The Morgan fingerprint density at radius 2 is 1.58 bits per heavy atom. The molecule has 276 valence electrons. The third kappa shape index (κ3) is 9.65. The smallest absolute Gasteiger partial charge is 0.277 e. The number of hydrogen-bond donors (Lipinski definition) is 5. The average molecular weight is 835 g/mol. The molecule has 12 nitrogen and oxygen atoms in total. The molecule has 0 aromatic heterocycles. The minimum absolute atomic E-state index is 0.0696. The Morgan fingerprint density at radius 3 is 2.35 bits per heavy atom. The highest BCUT2D eigenvalue weighted by molar-refractivity contribution is 14.1. The first-order valence-corrected chi connectivity index (χ1v) is 18.1. The molecule has 1 saturated heterocycles. The number of piperidine rings is 1. The van der Waals surface area contributed by atoms with Crippen LogP contribution in [0.25, 0.3) is 0 Å². The van der Waals surface area contributed by atoms with E-state index in [0.29, 0.717) is 28.8 Å². The van der Waals surface area contributed by atoms with Crippen molar-refractivity contribution in [3.63, 3.8) is 0 Å². The van der Waals surface area contributed by atoms with Crippen molar-refractivity contribution in [2.45, 2.75) is 57.4 Å². The van der Waals surface area contributed by atoms with Crippen LogP contribution in [0.15, 0.2) is 48.5 Å². The molecular weight excluding hydrogens is 796 g/mol. The molecule has 16 heteroatoms. The van der Waals surface area contributed by atoms with Crippen LogP contribution in [0.2, 0.25) is 0 Å². The number of rotatable bonds is 18. The first-order valence-electron chi connectivity index (χ1n) is 17.0. The highest BCUT2D eigenvalue weighted by Gasteiger charge is 2.44. The van der Waals surface area contributed by atoms with Gasteiger partial charge in [0.2, 0.25) is 11.8 Å². The van der Waals surface area contributed by atoms with Crippen LogP contribution in [-0.2, 0) is 14.4 Å². The van der Waals surface area contributed by atoms with Crippen molar-refractivity contribution in [1.29, 1.82) is 0 Å². The zero-order chi connectivity index (χ0) is 37.2. The van der Waals surface area contributed by atoms with Crippen molar-refractivity contribution in [3.05, 3.63) is 86.2 Å². The van der Waals surface area contributed by atoms with E-state index in [1.54, 1.807) is 24.3 Å². The van der Waals surface area contributed by atoms with Crippen molar-refractivity contribution in [2.75, 3.05) is 36.9 Å². The van der Waals surface area contributed by atoms with Gasteiger partial charge >= 0.3 is 0 Å². The van der Waals surface area contributed by atoms with Gasteiger partial charge in [-0.1, -0.05) is 19.3 Å². The Balaban J connectivity index is 0.910. The Morgan fingerprint density at radius 1 is 0.846 bits per heavy atom. The molecule has 0 aliphatic carbocycles. The van der Waals surface area contributed by atoms with Crippen LogP contribution in [0.4, 0.5) is 30.2 Å². The molecule has 5 amide bonds. The van der Waals surface area contributed by atoms with Crippen LogP contribution in [-0.4, -0.2) is 66.7 Å². The third-order valence-corrected chi connectivity index (χ3v) is 9.27. The zero-order valence-corrected chi connectivity index (χ0v) is 30.2. The number of unbranched alkanes of at least 4 members (excludes halogenated alkanes) is 4. The van der Waals surface area contributed by atoms with E-state index in [0.717, 1.165) is 55.7 Å². The lowest BCUT2D eigenvalue weighted by molar-refractivity contribution is -0.136. The molecule has 5 rings (SSSR count). The maximum absolute atomic E-state index is 14.6. The molecule has 1 unspecified atom stereocenters. The van der Waals surface area contributed by atoms with E-state index in [9.17, 15) is 37.1 Å². The number of anilines is 3. The Labute approximate surface area is 311 Å². The molecule has 5 N–H and O–H groups in total. The van der Waals surface area contributed by atoms with E-state index in [1.165, 1.54) is 12.1 Å². The fraction of sp³-hybridized carbons (Fsp3) is 0.361. The topological polar surface area (TPSA) is 158 Å². The fourth-order valence-electron chi connectivity index (χ4n) is 5.87. The molecule has 2 aliphatic heterocycles. The number of hydrogen-bond acceptors (Lipinski definition) is 9. The van der Waals surface area contributed by atoms with Crippen LogP contribution >= 0.6 is 22.6 Å². The largest absolute Gasteiger partial charge is 0.385 e. The molecule has 3 aromatic carbocycles. The molecule has 1 fully saturated rings. The molecule has 52 heavy (non-hydrogen) atoms. The van der Waals surface area contributed by atoms with Crippen LogP contribution in [0, 0.1) is 21.0 Å². The van der Waals surface area contributed by atoms with Crippen LogP contribution in [0.5, 0.6) is 0 Å². The van der Waals surface area contributed by atoms with E-state index >= 15 is 0 Å². The SMILES string of the molecule is O=C1CCC(N2C(=O)c3ccc(NCCCCCCCNCCCONC(=O)c4ccc(F)c(F)c4Nc4ccc(I)cc4F)cc3C2=O)C(=O)N1. The number of nitrogens with zero attached hydrogens (tertiary/aromatic N) is 1. The molecule has 0 bridgehead atoms. The quantitative estimate of drug-likeness (QED) is 0.0480. The van der Waals surface area contributed by atoms with Gasteiger partial charge in [0.1, 0.15) is 11.9 Å². The lowest BCUT2D eigenvalue weighted by Gasteiger charge is -2.27. The van der Waals surface area contributed by atoms with Crippen LogP contribution < -0.4 is 26.7 Å². The normalized spacial score (nSPS) is 15.5. The maximum atomic E-state index is 14.6. The minimum atomic E-state index is -1.32. The second-order valence-corrected chi connectivity index (χ2v) is 13.6. The molecular formula is C36H38F3IN6O6. The highest BCUT2D eigenvalue weighted by atomic mass is 127. The van der Waals surface area contributed by atoms with Crippen LogP contribution in [0.1, 0.15) is 82.4 Å². The maximum Gasteiger partial charge on any atom is 0.277 e. The number of halogens is 4. The predicted octanol–water partition coefficient (Wildman–Crippen LogP) is 5.56. The lowest BCUT2D eigenvalue weighted by atomic mass is 10.0. The van der Waals surface area contributed by atoms with Crippen LogP contribution in [0.3, 0.4) is 0 Å². The summed E-state index contributed by atoms with van der Waals surface area (Å²) in [6, 6.07) is 10.0. The van der Waals surface area contributed by atoms with Crippen molar-refractivity contribution >= 4 is 69.2 Å². The van der Waals surface area contributed by atoms with E-state index in [4.69, 9.17) is 4.84 Å². The van der Waals surface area contributed by atoms with E-state index in [-0.39, 0.29) is 41.8 Å². The van der Waals surface area contributed by atoms with Gasteiger partial charge in [-0.25, -0.2) is 18.7 Å². The first kappa shape index (κ1) is 38.7. The van der Waals surface area contributed by atoms with Crippen molar-refractivity contribution in [1.82, 2.24) is 21.0 Å². The number of hydroxylamine groups is 1. The molecule has 0 spiro atoms. The van der Waals surface area contributed by atoms with Gasteiger partial charge in [0.05, 0.1) is 34.7 Å². The Kier molecular flexibility index (Phi) is 13.6. The summed E-state index contributed by atoms with van der Waals surface area (Å²) >= 11 is 1.92. The van der Waals surface area contributed by atoms with E-state index in [2.05, 4.69) is 26.7 Å².